The highest BCUT2D eigenvalue weighted by molar-refractivity contribution is 5.58. The summed E-state index contributed by atoms with van der Waals surface area (Å²) in [5.41, 5.74) is 14.8. The number of anilines is 2. The van der Waals surface area contributed by atoms with E-state index in [1.807, 2.05) is 12.1 Å². The molecule has 0 radical (unpaired) electrons. The Morgan fingerprint density at radius 2 is 1.92 bits per heavy atom. The fraction of sp³-hybridized carbons (Fsp3) is 0.667. The van der Waals surface area contributed by atoms with Gasteiger partial charge in [0.05, 0.1) is 24.9 Å². The van der Waals surface area contributed by atoms with Gasteiger partial charge in [-0.15, -0.1) is 0 Å². The fourth-order valence-electron chi connectivity index (χ4n) is 3.72. The van der Waals surface area contributed by atoms with Crippen molar-refractivity contribution < 1.29 is 13.9 Å². The SMILES string of the molecule is C[C@@H]1CN(c2cc(N)cc(CO[C@@H]3CC(F)C[C@H]3N)c2)C[C@H](C)O1. The lowest BCUT2D eigenvalue weighted by Gasteiger charge is -2.37. The largest absolute Gasteiger partial charge is 0.399 e. The summed E-state index contributed by atoms with van der Waals surface area (Å²) in [6, 6.07) is 5.76. The molecule has 0 amide bonds. The number of nitrogens with two attached hydrogens (primary N) is 2. The van der Waals surface area contributed by atoms with Crippen LogP contribution in [0.2, 0.25) is 0 Å². The molecule has 5 atom stereocenters. The quantitative estimate of drug-likeness (QED) is 0.824. The lowest BCUT2D eigenvalue weighted by atomic mass is 10.1. The number of nitrogens with zero attached hydrogens (tertiary/aromatic N) is 1. The Hall–Kier alpha value is -1.37. The maximum atomic E-state index is 13.4. The number of rotatable bonds is 4. The molecule has 1 unspecified atom stereocenters. The number of benzene rings is 1. The van der Waals surface area contributed by atoms with E-state index >= 15 is 0 Å². The Morgan fingerprint density at radius 1 is 1.21 bits per heavy atom. The van der Waals surface area contributed by atoms with E-state index in [1.54, 1.807) is 0 Å². The molecule has 3 rings (SSSR count). The van der Waals surface area contributed by atoms with Crippen molar-refractivity contribution in [1.29, 1.82) is 0 Å². The summed E-state index contributed by atoms with van der Waals surface area (Å²) in [5, 5.41) is 0. The number of hydrogen-bond acceptors (Lipinski definition) is 5. The van der Waals surface area contributed by atoms with Crippen molar-refractivity contribution in [2.24, 2.45) is 5.73 Å². The molecule has 24 heavy (non-hydrogen) atoms. The van der Waals surface area contributed by atoms with Gasteiger partial charge in [-0.3, -0.25) is 0 Å². The smallest absolute Gasteiger partial charge is 0.104 e. The van der Waals surface area contributed by atoms with Crippen LogP contribution in [-0.4, -0.2) is 43.6 Å². The van der Waals surface area contributed by atoms with Crippen molar-refractivity contribution in [3.63, 3.8) is 0 Å². The molecule has 1 aliphatic carbocycles. The van der Waals surface area contributed by atoms with Gasteiger partial charge < -0.3 is 25.8 Å². The molecule has 2 aliphatic rings. The van der Waals surface area contributed by atoms with Crippen molar-refractivity contribution in [2.45, 2.75) is 63.8 Å². The van der Waals surface area contributed by atoms with Crippen LogP contribution < -0.4 is 16.4 Å². The summed E-state index contributed by atoms with van der Waals surface area (Å²) >= 11 is 0. The molecule has 6 heteroatoms. The van der Waals surface area contributed by atoms with Crippen LogP contribution in [0.5, 0.6) is 0 Å². The summed E-state index contributed by atoms with van der Waals surface area (Å²) in [6.45, 7) is 6.23. The van der Waals surface area contributed by atoms with Crippen LogP contribution in [0.1, 0.15) is 32.3 Å². The Labute approximate surface area is 143 Å². The van der Waals surface area contributed by atoms with Crippen molar-refractivity contribution in [1.82, 2.24) is 0 Å². The molecule has 4 N–H and O–H groups in total. The van der Waals surface area contributed by atoms with Gasteiger partial charge in [0.15, 0.2) is 0 Å². The molecular formula is C18H28FN3O2. The molecule has 1 aromatic rings. The topological polar surface area (TPSA) is 73.7 Å². The first-order chi connectivity index (χ1) is 11.4. The minimum atomic E-state index is -0.849. The van der Waals surface area contributed by atoms with Gasteiger partial charge in [-0.25, -0.2) is 4.39 Å². The lowest BCUT2D eigenvalue weighted by molar-refractivity contribution is -0.00523. The zero-order valence-electron chi connectivity index (χ0n) is 14.5. The molecule has 0 spiro atoms. The Bertz CT molecular complexity index is 561. The summed E-state index contributed by atoms with van der Waals surface area (Å²) in [7, 11) is 0. The zero-order valence-corrected chi connectivity index (χ0v) is 14.5. The van der Waals surface area contributed by atoms with E-state index in [1.165, 1.54) is 0 Å². The standard InChI is InChI=1S/C18H28FN3O2/c1-11-8-22(9-12(2)24-11)16-4-13(3-15(20)7-16)10-23-18-6-14(19)5-17(18)21/h3-4,7,11-12,14,17-18H,5-6,8-10,20-21H2,1-2H3/t11-,12+,14?,17-,18-/m1/s1. The molecule has 134 valence electrons. The highest BCUT2D eigenvalue weighted by atomic mass is 19.1. The van der Waals surface area contributed by atoms with Crippen LogP contribution in [-0.2, 0) is 16.1 Å². The van der Waals surface area contributed by atoms with Crippen LogP contribution >= 0.6 is 0 Å². The Balaban J connectivity index is 1.67. The van der Waals surface area contributed by atoms with Gasteiger partial charge in [-0.05, 0) is 44.0 Å². The number of ether oxygens (including phenoxy) is 2. The highest BCUT2D eigenvalue weighted by Crippen LogP contribution is 2.27. The van der Waals surface area contributed by atoms with Crippen molar-refractivity contribution in [3.05, 3.63) is 23.8 Å². The van der Waals surface area contributed by atoms with Gasteiger partial charge in [0.25, 0.3) is 0 Å². The first-order valence-corrected chi connectivity index (χ1v) is 8.72. The molecule has 1 heterocycles. The molecule has 5 nitrogen and oxygen atoms in total. The minimum Gasteiger partial charge on any atom is -0.399 e. The van der Waals surface area contributed by atoms with Crippen LogP contribution in [0.25, 0.3) is 0 Å². The average molecular weight is 337 g/mol. The minimum absolute atomic E-state index is 0.188. The van der Waals surface area contributed by atoms with Gasteiger partial charge in [0.2, 0.25) is 0 Å². The van der Waals surface area contributed by atoms with Gasteiger partial charge in [-0.2, -0.15) is 0 Å². The third-order valence-corrected chi connectivity index (χ3v) is 4.74. The van der Waals surface area contributed by atoms with E-state index in [-0.39, 0.29) is 24.4 Å². The monoisotopic (exact) mass is 337 g/mol. The molecule has 1 saturated carbocycles. The van der Waals surface area contributed by atoms with E-state index in [0.717, 1.165) is 24.3 Å². The second-order valence-electron chi connectivity index (χ2n) is 7.18. The maximum Gasteiger partial charge on any atom is 0.104 e. The van der Waals surface area contributed by atoms with Crippen LogP contribution in [0.3, 0.4) is 0 Å². The van der Waals surface area contributed by atoms with E-state index in [4.69, 9.17) is 20.9 Å². The van der Waals surface area contributed by atoms with Gasteiger partial charge in [-0.1, -0.05) is 0 Å². The first-order valence-electron chi connectivity index (χ1n) is 8.72. The molecular weight excluding hydrogens is 309 g/mol. The zero-order chi connectivity index (χ0) is 17.3. The molecule has 1 aliphatic heterocycles. The summed E-state index contributed by atoms with van der Waals surface area (Å²) in [4.78, 5) is 2.29. The van der Waals surface area contributed by atoms with Gasteiger partial charge in [0, 0.05) is 36.9 Å². The number of alkyl halides is 1. The number of morpholine rings is 1. The fourth-order valence-corrected chi connectivity index (χ4v) is 3.72. The summed E-state index contributed by atoms with van der Waals surface area (Å²) in [6.07, 6.45) is 0.0809. The first kappa shape index (κ1) is 17.5. The molecule has 0 bridgehead atoms. The number of hydrogen-bond donors (Lipinski definition) is 2. The van der Waals surface area contributed by atoms with Gasteiger partial charge >= 0.3 is 0 Å². The second-order valence-corrected chi connectivity index (χ2v) is 7.18. The second kappa shape index (κ2) is 7.25. The predicted molar refractivity (Wildman–Crippen MR) is 93.8 cm³/mol. The van der Waals surface area contributed by atoms with Crippen molar-refractivity contribution >= 4 is 11.4 Å². The van der Waals surface area contributed by atoms with Crippen molar-refractivity contribution in [3.8, 4) is 0 Å². The Kier molecular flexibility index (Phi) is 5.27. The van der Waals surface area contributed by atoms with Crippen molar-refractivity contribution in [2.75, 3.05) is 23.7 Å². The summed E-state index contributed by atoms with van der Waals surface area (Å²) in [5.74, 6) is 0. The normalized spacial score (nSPS) is 33.8. The highest BCUT2D eigenvalue weighted by Gasteiger charge is 2.32. The molecule has 0 aromatic heterocycles. The van der Waals surface area contributed by atoms with E-state index in [9.17, 15) is 4.39 Å². The van der Waals surface area contributed by atoms with Crippen LogP contribution in [0.15, 0.2) is 18.2 Å². The average Bonchev–Trinajstić information content (AvgIpc) is 2.81. The molecule has 1 saturated heterocycles. The Morgan fingerprint density at radius 3 is 2.54 bits per heavy atom. The third kappa shape index (κ3) is 4.18. The summed E-state index contributed by atoms with van der Waals surface area (Å²) < 4.78 is 25.0. The van der Waals surface area contributed by atoms with Crippen LogP contribution in [0, 0.1) is 0 Å². The maximum absolute atomic E-state index is 13.4. The molecule has 2 fully saturated rings. The molecule has 1 aromatic carbocycles. The van der Waals surface area contributed by atoms with E-state index in [2.05, 4.69) is 24.8 Å². The number of halogens is 1. The number of nitrogen functional groups attached to an aromatic ring is 1. The lowest BCUT2D eigenvalue weighted by Crippen LogP contribution is -2.45. The van der Waals surface area contributed by atoms with E-state index < -0.39 is 6.17 Å². The third-order valence-electron chi connectivity index (χ3n) is 4.74. The van der Waals surface area contributed by atoms with Gasteiger partial charge in [0.1, 0.15) is 6.17 Å². The predicted octanol–water partition coefficient (Wildman–Crippen LogP) is 2.23. The van der Waals surface area contributed by atoms with E-state index in [0.29, 0.717) is 25.1 Å². The van der Waals surface area contributed by atoms with Crippen LogP contribution in [0.4, 0.5) is 15.8 Å².